The number of carbonyl (C=O) groups excluding carboxylic acids is 1. The second-order valence-corrected chi connectivity index (χ2v) is 5.12. The maximum absolute atomic E-state index is 12.0. The molecule has 0 aromatic heterocycles. The standard InChI is InChI=1S/C17H18N2O2/c1-21-17(20)13-8-4-9-14(18)16(13)19-11-5-7-12-6-2-3-10-15(12)19/h2-4,6,8-10H,5,7,11,18H2,1H3. The van der Waals surface area contributed by atoms with Crippen molar-refractivity contribution in [1.29, 1.82) is 0 Å². The number of esters is 1. The molecule has 3 rings (SSSR count). The Morgan fingerprint density at radius 2 is 2.00 bits per heavy atom. The van der Waals surface area contributed by atoms with Crippen LogP contribution in [-0.2, 0) is 11.2 Å². The second-order valence-electron chi connectivity index (χ2n) is 5.12. The zero-order chi connectivity index (χ0) is 14.8. The molecule has 2 N–H and O–H groups in total. The fourth-order valence-corrected chi connectivity index (χ4v) is 2.90. The van der Waals surface area contributed by atoms with Crippen molar-refractivity contribution < 1.29 is 9.53 Å². The molecule has 2 aromatic carbocycles. The summed E-state index contributed by atoms with van der Waals surface area (Å²) in [6.07, 6.45) is 2.08. The van der Waals surface area contributed by atoms with E-state index in [0.717, 1.165) is 30.8 Å². The monoisotopic (exact) mass is 282 g/mol. The Labute approximate surface area is 124 Å². The smallest absolute Gasteiger partial charge is 0.340 e. The first kappa shape index (κ1) is 13.5. The van der Waals surface area contributed by atoms with E-state index in [1.165, 1.54) is 12.7 Å². The molecular formula is C17H18N2O2. The molecule has 0 saturated heterocycles. The lowest BCUT2D eigenvalue weighted by atomic mass is 9.99. The minimum Gasteiger partial charge on any atom is -0.465 e. The van der Waals surface area contributed by atoms with Crippen LogP contribution in [0.25, 0.3) is 0 Å². The summed E-state index contributed by atoms with van der Waals surface area (Å²) in [5.41, 5.74) is 10.4. The summed E-state index contributed by atoms with van der Waals surface area (Å²) in [5.74, 6) is -0.361. The largest absolute Gasteiger partial charge is 0.465 e. The third kappa shape index (κ3) is 2.33. The van der Waals surface area contributed by atoms with Crippen LogP contribution in [0.2, 0.25) is 0 Å². The van der Waals surface area contributed by atoms with Gasteiger partial charge in [-0.05, 0) is 36.6 Å². The fourth-order valence-electron chi connectivity index (χ4n) is 2.90. The summed E-state index contributed by atoms with van der Waals surface area (Å²) in [6.45, 7) is 0.842. The van der Waals surface area contributed by atoms with E-state index in [-0.39, 0.29) is 5.97 Å². The third-order valence-electron chi connectivity index (χ3n) is 3.85. The van der Waals surface area contributed by atoms with Crippen molar-refractivity contribution in [2.24, 2.45) is 0 Å². The molecule has 0 aliphatic carbocycles. The van der Waals surface area contributed by atoms with Crippen molar-refractivity contribution in [2.45, 2.75) is 12.8 Å². The summed E-state index contributed by atoms with van der Waals surface area (Å²) in [4.78, 5) is 14.2. The summed E-state index contributed by atoms with van der Waals surface area (Å²) in [6, 6.07) is 13.6. The fraction of sp³-hybridized carbons (Fsp3) is 0.235. The van der Waals surface area contributed by atoms with E-state index in [9.17, 15) is 4.79 Å². The molecule has 1 aliphatic heterocycles. The first-order chi connectivity index (χ1) is 10.2. The van der Waals surface area contributed by atoms with Crippen LogP contribution in [0.3, 0.4) is 0 Å². The van der Waals surface area contributed by atoms with Gasteiger partial charge in [-0.2, -0.15) is 0 Å². The van der Waals surface area contributed by atoms with Gasteiger partial charge in [0, 0.05) is 12.2 Å². The summed E-state index contributed by atoms with van der Waals surface area (Å²) in [7, 11) is 1.39. The van der Waals surface area contributed by atoms with Gasteiger partial charge in [0.05, 0.1) is 24.0 Å². The molecule has 4 heteroatoms. The van der Waals surface area contributed by atoms with Crippen molar-refractivity contribution >= 4 is 23.0 Å². The van der Waals surface area contributed by atoms with Crippen LogP contribution in [0.15, 0.2) is 42.5 Å². The quantitative estimate of drug-likeness (QED) is 0.679. The molecule has 0 bridgehead atoms. The Morgan fingerprint density at radius 1 is 1.19 bits per heavy atom. The van der Waals surface area contributed by atoms with Gasteiger partial charge < -0.3 is 15.4 Å². The lowest BCUT2D eigenvalue weighted by Gasteiger charge is -2.33. The molecule has 2 aromatic rings. The van der Waals surface area contributed by atoms with Gasteiger partial charge in [-0.1, -0.05) is 24.3 Å². The number of fused-ring (bicyclic) bond motifs is 1. The van der Waals surface area contributed by atoms with Gasteiger partial charge in [0.1, 0.15) is 0 Å². The number of nitrogens with two attached hydrogens (primary N) is 1. The number of aryl methyl sites for hydroxylation is 1. The van der Waals surface area contributed by atoms with Crippen molar-refractivity contribution in [3.63, 3.8) is 0 Å². The number of benzene rings is 2. The van der Waals surface area contributed by atoms with Crippen LogP contribution in [0.5, 0.6) is 0 Å². The Hall–Kier alpha value is -2.49. The summed E-state index contributed by atoms with van der Waals surface area (Å²) < 4.78 is 4.89. The molecule has 0 fully saturated rings. The van der Waals surface area contributed by atoms with E-state index in [2.05, 4.69) is 17.0 Å². The van der Waals surface area contributed by atoms with Gasteiger partial charge in [0.15, 0.2) is 0 Å². The molecule has 1 aliphatic rings. The Morgan fingerprint density at radius 3 is 2.81 bits per heavy atom. The topological polar surface area (TPSA) is 55.6 Å². The van der Waals surface area contributed by atoms with Crippen LogP contribution < -0.4 is 10.6 Å². The van der Waals surface area contributed by atoms with Gasteiger partial charge in [-0.25, -0.2) is 4.79 Å². The zero-order valence-electron chi connectivity index (χ0n) is 12.0. The molecule has 0 amide bonds. The Kier molecular flexibility index (Phi) is 3.52. The van der Waals surface area contributed by atoms with Crippen LogP contribution in [0, 0.1) is 0 Å². The van der Waals surface area contributed by atoms with Gasteiger partial charge in [-0.3, -0.25) is 0 Å². The van der Waals surface area contributed by atoms with Gasteiger partial charge in [0.25, 0.3) is 0 Å². The number of anilines is 3. The molecule has 21 heavy (non-hydrogen) atoms. The molecule has 108 valence electrons. The number of hydrogen-bond acceptors (Lipinski definition) is 4. The number of rotatable bonds is 2. The molecule has 0 radical (unpaired) electrons. The highest BCUT2D eigenvalue weighted by Gasteiger charge is 2.24. The average molecular weight is 282 g/mol. The number of methoxy groups -OCH3 is 1. The first-order valence-electron chi connectivity index (χ1n) is 7.04. The van der Waals surface area contributed by atoms with E-state index >= 15 is 0 Å². The van der Waals surface area contributed by atoms with Gasteiger partial charge >= 0.3 is 5.97 Å². The van der Waals surface area contributed by atoms with Crippen LogP contribution in [-0.4, -0.2) is 19.6 Å². The number of ether oxygens (including phenoxy) is 1. The second kappa shape index (κ2) is 5.48. The third-order valence-corrected chi connectivity index (χ3v) is 3.85. The molecule has 4 nitrogen and oxygen atoms in total. The van der Waals surface area contributed by atoms with E-state index in [4.69, 9.17) is 10.5 Å². The van der Waals surface area contributed by atoms with Gasteiger partial charge in [-0.15, -0.1) is 0 Å². The summed E-state index contributed by atoms with van der Waals surface area (Å²) in [5, 5.41) is 0. The Bertz CT molecular complexity index is 682. The predicted molar refractivity (Wildman–Crippen MR) is 84.0 cm³/mol. The maximum atomic E-state index is 12.0. The normalized spacial score (nSPS) is 13.7. The average Bonchev–Trinajstić information content (AvgIpc) is 2.53. The highest BCUT2D eigenvalue weighted by atomic mass is 16.5. The van der Waals surface area contributed by atoms with Crippen molar-refractivity contribution in [1.82, 2.24) is 0 Å². The number of nitrogen functional groups attached to an aromatic ring is 1. The predicted octanol–water partition coefficient (Wildman–Crippen LogP) is 3.14. The zero-order valence-corrected chi connectivity index (χ0v) is 12.0. The Balaban J connectivity index is 2.16. The minimum atomic E-state index is -0.361. The maximum Gasteiger partial charge on any atom is 0.340 e. The van der Waals surface area contributed by atoms with E-state index in [1.807, 2.05) is 18.2 Å². The number of hydrogen-bond donors (Lipinski definition) is 1. The lowest BCUT2D eigenvalue weighted by molar-refractivity contribution is 0.0601. The lowest BCUT2D eigenvalue weighted by Crippen LogP contribution is -2.27. The highest BCUT2D eigenvalue weighted by Crippen LogP contribution is 2.38. The highest BCUT2D eigenvalue weighted by molar-refractivity contribution is 6.00. The van der Waals surface area contributed by atoms with Crippen molar-refractivity contribution in [3.05, 3.63) is 53.6 Å². The SMILES string of the molecule is COC(=O)c1cccc(N)c1N1CCCc2ccccc21. The molecule has 0 atom stereocenters. The molecular weight excluding hydrogens is 264 g/mol. The molecule has 0 saturated carbocycles. The minimum absolute atomic E-state index is 0.361. The van der Waals surface area contributed by atoms with Crippen LogP contribution >= 0.6 is 0 Å². The van der Waals surface area contributed by atoms with Crippen LogP contribution in [0.4, 0.5) is 17.1 Å². The number of nitrogens with zero attached hydrogens (tertiary/aromatic N) is 1. The molecule has 1 heterocycles. The van der Waals surface area contributed by atoms with Crippen LogP contribution in [0.1, 0.15) is 22.3 Å². The molecule has 0 unspecified atom stereocenters. The van der Waals surface area contributed by atoms with E-state index in [0.29, 0.717) is 11.3 Å². The van der Waals surface area contributed by atoms with Crippen molar-refractivity contribution in [3.8, 4) is 0 Å². The molecule has 0 spiro atoms. The van der Waals surface area contributed by atoms with Crippen molar-refractivity contribution in [2.75, 3.05) is 24.3 Å². The van der Waals surface area contributed by atoms with Gasteiger partial charge in [0.2, 0.25) is 0 Å². The summed E-state index contributed by atoms with van der Waals surface area (Å²) >= 11 is 0. The van der Waals surface area contributed by atoms with E-state index in [1.54, 1.807) is 12.1 Å². The first-order valence-corrected chi connectivity index (χ1v) is 7.04. The number of para-hydroxylation sites is 2. The number of carbonyl (C=O) groups is 1. The van der Waals surface area contributed by atoms with E-state index < -0.39 is 0 Å².